The molecule has 0 bridgehead atoms. The van der Waals surface area contributed by atoms with Crippen molar-refractivity contribution in [3.63, 3.8) is 0 Å². The number of hydrogen-bond acceptors (Lipinski definition) is 4. The molecule has 0 radical (unpaired) electrons. The highest BCUT2D eigenvalue weighted by Crippen LogP contribution is 2.25. The van der Waals surface area contributed by atoms with Crippen molar-refractivity contribution >= 4 is 5.91 Å². The zero-order chi connectivity index (χ0) is 16.8. The summed E-state index contributed by atoms with van der Waals surface area (Å²) in [7, 11) is 0. The second-order valence-electron chi connectivity index (χ2n) is 8.13. The second-order valence-corrected chi connectivity index (χ2v) is 8.13. The standard InChI is InChI=1S/C19H35N3O2/c23-18(8-7-14-20-10-3-1-2-4-11-20)22-15-9-19(24,17-22)16-21-12-5-6-13-21/h24H,1-17H2/t19-/m0/s1. The third-order valence-electron chi connectivity index (χ3n) is 5.97. The first-order valence-corrected chi connectivity index (χ1v) is 10.1. The summed E-state index contributed by atoms with van der Waals surface area (Å²) in [4.78, 5) is 19.2. The Labute approximate surface area is 147 Å². The molecule has 3 aliphatic heterocycles. The minimum atomic E-state index is -0.676. The Morgan fingerprint density at radius 2 is 1.50 bits per heavy atom. The van der Waals surface area contributed by atoms with Crippen molar-refractivity contribution in [3.8, 4) is 0 Å². The molecule has 1 atom stereocenters. The van der Waals surface area contributed by atoms with Gasteiger partial charge in [0.05, 0.1) is 12.1 Å². The summed E-state index contributed by atoms with van der Waals surface area (Å²) in [6.07, 6.45) is 10.2. The predicted octanol–water partition coefficient (Wildman–Crippen LogP) is 1.70. The van der Waals surface area contributed by atoms with Crippen molar-refractivity contribution in [1.29, 1.82) is 0 Å². The van der Waals surface area contributed by atoms with Gasteiger partial charge in [-0.25, -0.2) is 0 Å². The molecule has 0 aromatic heterocycles. The van der Waals surface area contributed by atoms with Crippen LogP contribution in [0.25, 0.3) is 0 Å². The summed E-state index contributed by atoms with van der Waals surface area (Å²) in [6, 6.07) is 0. The zero-order valence-corrected chi connectivity index (χ0v) is 15.2. The normalized spacial score (nSPS) is 30.0. The highest BCUT2D eigenvalue weighted by atomic mass is 16.3. The molecule has 3 heterocycles. The lowest BCUT2D eigenvalue weighted by molar-refractivity contribution is -0.131. The molecule has 0 aromatic carbocycles. The van der Waals surface area contributed by atoms with Crippen molar-refractivity contribution in [2.75, 3.05) is 52.4 Å². The quantitative estimate of drug-likeness (QED) is 0.801. The first kappa shape index (κ1) is 18.2. The average molecular weight is 338 g/mol. The largest absolute Gasteiger partial charge is 0.387 e. The van der Waals surface area contributed by atoms with E-state index in [0.29, 0.717) is 13.0 Å². The highest BCUT2D eigenvalue weighted by Gasteiger charge is 2.39. The zero-order valence-electron chi connectivity index (χ0n) is 15.2. The van der Waals surface area contributed by atoms with Gasteiger partial charge in [0.15, 0.2) is 0 Å². The summed E-state index contributed by atoms with van der Waals surface area (Å²) < 4.78 is 0. The third-order valence-corrected chi connectivity index (χ3v) is 5.97. The van der Waals surface area contributed by atoms with E-state index >= 15 is 0 Å². The summed E-state index contributed by atoms with van der Waals surface area (Å²) in [5.41, 5.74) is -0.676. The van der Waals surface area contributed by atoms with E-state index in [-0.39, 0.29) is 5.91 Å². The fourth-order valence-electron chi connectivity index (χ4n) is 4.53. The Kier molecular flexibility index (Phi) is 6.53. The molecule has 3 rings (SSSR count). The Balaban J connectivity index is 1.36. The van der Waals surface area contributed by atoms with E-state index in [1.54, 1.807) is 0 Å². The Bertz CT molecular complexity index is 403. The molecule has 0 aliphatic carbocycles. The van der Waals surface area contributed by atoms with Crippen LogP contribution in [0.4, 0.5) is 0 Å². The van der Waals surface area contributed by atoms with Gasteiger partial charge in [-0.3, -0.25) is 4.79 Å². The smallest absolute Gasteiger partial charge is 0.222 e. The number of carbonyl (C=O) groups is 1. The van der Waals surface area contributed by atoms with Crippen LogP contribution in [0.5, 0.6) is 0 Å². The van der Waals surface area contributed by atoms with Crippen molar-refractivity contribution in [2.45, 2.75) is 63.4 Å². The van der Waals surface area contributed by atoms with Crippen LogP contribution >= 0.6 is 0 Å². The van der Waals surface area contributed by atoms with Crippen LogP contribution < -0.4 is 0 Å². The molecule has 0 aromatic rings. The first-order valence-electron chi connectivity index (χ1n) is 10.1. The fourth-order valence-corrected chi connectivity index (χ4v) is 4.53. The molecule has 5 nitrogen and oxygen atoms in total. The number of carbonyl (C=O) groups excluding carboxylic acids is 1. The average Bonchev–Trinajstić information content (AvgIpc) is 3.12. The van der Waals surface area contributed by atoms with E-state index in [0.717, 1.165) is 45.6 Å². The molecule has 1 amide bonds. The number of likely N-dealkylation sites (tertiary alicyclic amines) is 3. The lowest BCUT2D eigenvalue weighted by atomic mass is 10.0. The van der Waals surface area contributed by atoms with Crippen LogP contribution in [-0.2, 0) is 4.79 Å². The third kappa shape index (κ3) is 5.17. The summed E-state index contributed by atoms with van der Waals surface area (Å²) in [5, 5.41) is 10.8. The number of aliphatic hydroxyl groups is 1. The van der Waals surface area contributed by atoms with Gasteiger partial charge in [-0.15, -0.1) is 0 Å². The maximum absolute atomic E-state index is 12.5. The summed E-state index contributed by atoms with van der Waals surface area (Å²) >= 11 is 0. The topological polar surface area (TPSA) is 47.0 Å². The van der Waals surface area contributed by atoms with Gasteiger partial charge in [-0.2, -0.15) is 0 Å². The van der Waals surface area contributed by atoms with Gasteiger partial charge in [-0.05, 0) is 71.2 Å². The molecule has 0 spiro atoms. The van der Waals surface area contributed by atoms with Crippen molar-refractivity contribution in [1.82, 2.24) is 14.7 Å². The number of nitrogens with zero attached hydrogens (tertiary/aromatic N) is 3. The van der Waals surface area contributed by atoms with Gasteiger partial charge in [-0.1, -0.05) is 12.8 Å². The van der Waals surface area contributed by atoms with E-state index in [9.17, 15) is 9.90 Å². The number of hydrogen-bond donors (Lipinski definition) is 1. The van der Waals surface area contributed by atoms with Gasteiger partial charge < -0.3 is 19.8 Å². The molecule has 3 saturated heterocycles. The Hall–Kier alpha value is -0.650. The van der Waals surface area contributed by atoms with E-state index in [2.05, 4.69) is 9.80 Å². The maximum atomic E-state index is 12.5. The highest BCUT2D eigenvalue weighted by molar-refractivity contribution is 5.76. The van der Waals surface area contributed by atoms with E-state index < -0.39 is 5.60 Å². The van der Waals surface area contributed by atoms with Crippen molar-refractivity contribution < 1.29 is 9.90 Å². The van der Waals surface area contributed by atoms with E-state index in [1.807, 2.05) is 4.90 Å². The SMILES string of the molecule is O=C(CCCN1CCCCCC1)N1CC[C@](O)(CN2CCCC2)C1. The number of rotatable bonds is 6. The molecule has 0 unspecified atom stereocenters. The molecule has 0 saturated carbocycles. The fraction of sp³-hybridized carbons (Fsp3) is 0.947. The molecule has 3 aliphatic rings. The number of β-amino-alcohol motifs (C(OH)–C–C–N with tert-alkyl or cyclic N) is 1. The van der Waals surface area contributed by atoms with Crippen molar-refractivity contribution in [2.24, 2.45) is 0 Å². The first-order chi connectivity index (χ1) is 11.6. The Morgan fingerprint density at radius 1 is 0.875 bits per heavy atom. The molecule has 138 valence electrons. The molecular formula is C19H35N3O2. The van der Waals surface area contributed by atoms with Gasteiger partial charge in [0.2, 0.25) is 5.91 Å². The molecule has 5 heteroatoms. The van der Waals surface area contributed by atoms with Gasteiger partial charge in [0.1, 0.15) is 0 Å². The van der Waals surface area contributed by atoms with Gasteiger partial charge >= 0.3 is 0 Å². The Morgan fingerprint density at radius 3 is 2.21 bits per heavy atom. The second kappa shape index (κ2) is 8.63. The summed E-state index contributed by atoms with van der Waals surface area (Å²) in [5.74, 6) is 0.238. The predicted molar refractivity (Wildman–Crippen MR) is 96.0 cm³/mol. The summed E-state index contributed by atoms with van der Waals surface area (Å²) in [6.45, 7) is 7.67. The van der Waals surface area contributed by atoms with Crippen LogP contribution in [0.2, 0.25) is 0 Å². The maximum Gasteiger partial charge on any atom is 0.222 e. The van der Waals surface area contributed by atoms with Crippen LogP contribution in [0.3, 0.4) is 0 Å². The molecular weight excluding hydrogens is 302 g/mol. The molecule has 1 N–H and O–H groups in total. The lowest BCUT2D eigenvalue weighted by Crippen LogP contribution is -2.45. The van der Waals surface area contributed by atoms with Crippen molar-refractivity contribution in [3.05, 3.63) is 0 Å². The van der Waals surface area contributed by atoms with Gasteiger partial charge in [0, 0.05) is 19.5 Å². The van der Waals surface area contributed by atoms with Crippen LogP contribution in [0.1, 0.15) is 57.8 Å². The monoisotopic (exact) mass is 337 g/mol. The van der Waals surface area contributed by atoms with Gasteiger partial charge in [0.25, 0.3) is 0 Å². The van der Waals surface area contributed by atoms with Crippen LogP contribution in [0.15, 0.2) is 0 Å². The molecule has 24 heavy (non-hydrogen) atoms. The number of amides is 1. The molecule has 3 fully saturated rings. The van der Waals surface area contributed by atoms with E-state index in [4.69, 9.17) is 0 Å². The minimum absolute atomic E-state index is 0.238. The van der Waals surface area contributed by atoms with E-state index in [1.165, 1.54) is 51.6 Å². The minimum Gasteiger partial charge on any atom is -0.387 e. The van der Waals surface area contributed by atoms with Crippen LogP contribution in [0, 0.1) is 0 Å². The lowest BCUT2D eigenvalue weighted by Gasteiger charge is -2.28. The van der Waals surface area contributed by atoms with Crippen LogP contribution in [-0.4, -0.2) is 83.7 Å².